The first-order chi connectivity index (χ1) is 14.0. The van der Waals surface area contributed by atoms with Gasteiger partial charge in [-0.3, -0.25) is 9.59 Å². The van der Waals surface area contributed by atoms with Crippen molar-refractivity contribution >= 4 is 11.9 Å². The minimum absolute atomic E-state index is 0.00991. The smallest absolute Gasteiger partial charge is 0.325 e. The monoisotopic (exact) mass is 409 g/mol. The molecule has 1 aromatic rings. The van der Waals surface area contributed by atoms with Gasteiger partial charge in [0.25, 0.3) is 5.91 Å². The third kappa shape index (κ3) is 7.21. The molecule has 1 saturated heterocycles. The molecule has 8 nitrogen and oxygen atoms in total. The first-order valence-electron chi connectivity index (χ1n) is 9.77. The molecule has 8 heteroatoms. The lowest BCUT2D eigenvalue weighted by molar-refractivity contribution is -0.154. The summed E-state index contributed by atoms with van der Waals surface area (Å²) in [5.41, 5.74) is 0.765. The number of hydrogen-bond donors (Lipinski definition) is 0. The van der Waals surface area contributed by atoms with Crippen LogP contribution in [-0.4, -0.2) is 70.1 Å². The van der Waals surface area contributed by atoms with Crippen LogP contribution in [0, 0.1) is 0 Å². The standard InChI is InChI=1S/C21H31NO7/c1-15(29-14-17-7-5-6-8-28-17)21(24)22(13-20(23)27-4)12-16-9-18(25-2)11-19(10-16)26-3/h9-11,15,17H,5-8,12-14H2,1-4H3. The highest BCUT2D eigenvalue weighted by atomic mass is 16.5. The van der Waals surface area contributed by atoms with Gasteiger partial charge in [-0.25, -0.2) is 0 Å². The third-order valence-corrected chi connectivity index (χ3v) is 4.80. The quantitative estimate of drug-likeness (QED) is 0.548. The van der Waals surface area contributed by atoms with Gasteiger partial charge < -0.3 is 28.6 Å². The van der Waals surface area contributed by atoms with Crippen molar-refractivity contribution in [3.05, 3.63) is 23.8 Å². The van der Waals surface area contributed by atoms with Crippen molar-refractivity contribution in [1.82, 2.24) is 4.90 Å². The normalized spacial score (nSPS) is 17.3. The lowest BCUT2D eigenvalue weighted by Crippen LogP contribution is -2.42. The molecule has 2 unspecified atom stereocenters. The van der Waals surface area contributed by atoms with Crippen LogP contribution in [0.1, 0.15) is 31.7 Å². The summed E-state index contributed by atoms with van der Waals surface area (Å²) in [6, 6.07) is 5.33. The Morgan fingerprint density at radius 2 is 1.83 bits per heavy atom. The summed E-state index contributed by atoms with van der Waals surface area (Å²) >= 11 is 0. The van der Waals surface area contributed by atoms with Crippen LogP contribution in [0.4, 0.5) is 0 Å². The predicted octanol–water partition coefficient (Wildman–Crippen LogP) is 2.18. The van der Waals surface area contributed by atoms with Crippen LogP contribution in [0.25, 0.3) is 0 Å². The van der Waals surface area contributed by atoms with E-state index in [2.05, 4.69) is 0 Å². The molecule has 0 N–H and O–H groups in total. The Balaban J connectivity index is 2.07. The number of carbonyl (C=O) groups excluding carboxylic acids is 2. The molecule has 1 heterocycles. The molecule has 1 aromatic carbocycles. The maximum atomic E-state index is 13.0. The van der Waals surface area contributed by atoms with E-state index in [0.717, 1.165) is 31.4 Å². The molecule has 2 atom stereocenters. The summed E-state index contributed by atoms with van der Waals surface area (Å²) in [5, 5.41) is 0. The third-order valence-electron chi connectivity index (χ3n) is 4.80. The maximum Gasteiger partial charge on any atom is 0.325 e. The molecule has 1 amide bonds. The summed E-state index contributed by atoms with van der Waals surface area (Å²) < 4.78 is 26.7. The fourth-order valence-corrected chi connectivity index (χ4v) is 3.13. The first kappa shape index (κ1) is 23.0. The molecular weight excluding hydrogens is 378 g/mol. The first-order valence-corrected chi connectivity index (χ1v) is 9.77. The summed E-state index contributed by atoms with van der Waals surface area (Å²) in [4.78, 5) is 26.2. The van der Waals surface area contributed by atoms with Crippen LogP contribution in [-0.2, 0) is 30.3 Å². The minimum atomic E-state index is -0.710. The second kappa shape index (κ2) is 11.6. The van der Waals surface area contributed by atoms with Crippen LogP contribution in [0.2, 0.25) is 0 Å². The molecule has 1 aliphatic heterocycles. The number of nitrogens with zero attached hydrogens (tertiary/aromatic N) is 1. The average Bonchev–Trinajstić information content (AvgIpc) is 2.76. The molecule has 162 valence electrons. The van der Waals surface area contributed by atoms with Gasteiger partial charge in [-0.1, -0.05) is 0 Å². The molecule has 0 radical (unpaired) electrons. The Bertz CT molecular complexity index is 651. The number of hydrogen-bond acceptors (Lipinski definition) is 7. The highest BCUT2D eigenvalue weighted by Gasteiger charge is 2.26. The van der Waals surface area contributed by atoms with E-state index in [4.69, 9.17) is 23.7 Å². The Kier molecular flexibility index (Phi) is 9.21. The topological polar surface area (TPSA) is 83.5 Å². The van der Waals surface area contributed by atoms with E-state index in [-0.39, 0.29) is 25.1 Å². The molecule has 1 aliphatic rings. The highest BCUT2D eigenvalue weighted by molar-refractivity contribution is 5.84. The number of rotatable bonds is 10. The predicted molar refractivity (Wildman–Crippen MR) is 106 cm³/mol. The van der Waals surface area contributed by atoms with Crippen LogP contribution in [0.5, 0.6) is 11.5 Å². The largest absolute Gasteiger partial charge is 0.497 e. The highest BCUT2D eigenvalue weighted by Crippen LogP contribution is 2.24. The van der Waals surface area contributed by atoms with Crippen molar-refractivity contribution < 1.29 is 33.3 Å². The van der Waals surface area contributed by atoms with Crippen LogP contribution in [0.3, 0.4) is 0 Å². The van der Waals surface area contributed by atoms with E-state index in [1.165, 1.54) is 12.0 Å². The zero-order chi connectivity index (χ0) is 21.2. The summed E-state index contributed by atoms with van der Waals surface area (Å²) in [6.45, 7) is 2.77. The maximum absolute atomic E-state index is 13.0. The molecule has 0 aliphatic carbocycles. The molecule has 0 aromatic heterocycles. The number of methoxy groups -OCH3 is 3. The zero-order valence-corrected chi connectivity index (χ0v) is 17.6. The molecular formula is C21H31NO7. The Hall–Kier alpha value is -2.32. The van der Waals surface area contributed by atoms with Gasteiger partial charge in [0.15, 0.2) is 0 Å². The van der Waals surface area contributed by atoms with Crippen LogP contribution < -0.4 is 9.47 Å². The van der Waals surface area contributed by atoms with E-state index in [9.17, 15) is 9.59 Å². The van der Waals surface area contributed by atoms with Crippen molar-refractivity contribution in [3.8, 4) is 11.5 Å². The van der Waals surface area contributed by atoms with E-state index < -0.39 is 12.1 Å². The van der Waals surface area contributed by atoms with Gasteiger partial charge in [0.1, 0.15) is 24.1 Å². The Labute approximate surface area is 172 Å². The number of ether oxygens (including phenoxy) is 5. The van der Waals surface area contributed by atoms with Gasteiger partial charge in [-0.05, 0) is 43.9 Å². The molecule has 0 saturated carbocycles. The van der Waals surface area contributed by atoms with Gasteiger partial charge in [0.2, 0.25) is 0 Å². The second-order valence-corrected chi connectivity index (χ2v) is 6.96. The van der Waals surface area contributed by atoms with E-state index in [0.29, 0.717) is 18.1 Å². The number of benzene rings is 1. The summed E-state index contributed by atoms with van der Waals surface area (Å²) in [7, 11) is 4.40. The van der Waals surface area contributed by atoms with Crippen molar-refractivity contribution in [2.75, 3.05) is 41.1 Å². The van der Waals surface area contributed by atoms with Gasteiger partial charge in [-0.2, -0.15) is 0 Å². The Morgan fingerprint density at radius 1 is 1.14 bits per heavy atom. The molecule has 0 bridgehead atoms. The molecule has 1 fully saturated rings. The van der Waals surface area contributed by atoms with Crippen LogP contribution >= 0.6 is 0 Å². The molecule has 2 rings (SSSR count). The van der Waals surface area contributed by atoms with Gasteiger partial charge >= 0.3 is 5.97 Å². The van der Waals surface area contributed by atoms with Crippen molar-refractivity contribution in [2.24, 2.45) is 0 Å². The lowest BCUT2D eigenvalue weighted by Gasteiger charge is -2.27. The fraction of sp³-hybridized carbons (Fsp3) is 0.619. The fourth-order valence-electron chi connectivity index (χ4n) is 3.13. The zero-order valence-electron chi connectivity index (χ0n) is 17.6. The summed E-state index contributed by atoms with van der Waals surface area (Å²) in [6.07, 6.45) is 2.38. The van der Waals surface area contributed by atoms with Crippen molar-refractivity contribution in [3.63, 3.8) is 0 Å². The van der Waals surface area contributed by atoms with E-state index >= 15 is 0 Å². The second-order valence-electron chi connectivity index (χ2n) is 6.96. The lowest BCUT2D eigenvalue weighted by atomic mass is 10.1. The number of esters is 1. The van der Waals surface area contributed by atoms with Gasteiger partial charge in [-0.15, -0.1) is 0 Å². The van der Waals surface area contributed by atoms with E-state index in [1.807, 2.05) is 0 Å². The van der Waals surface area contributed by atoms with Gasteiger partial charge in [0, 0.05) is 19.2 Å². The molecule has 0 spiro atoms. The summed E-state index contributed by atoms with van der Waals surface area (Å²) in [5.74, 6) is 0.399. The minimum Gasteiger partial charge on any atom is -0.497 e. The van der Waals surface area contributed by atoms with Crippen LogP contribution in [0.15, 0.2) is 18.2 Å². The molecule has 29 heavy (non-hydrogen) atoms. The SMILES string of the molecule is COC(=O)CN(Cc1cc(OC)cc(OC)c1)C(=O)C(C)OCC1CCCCO1. The van der Waals surface area contributed by atoms with E-state index in [1.54, 1.807) is 39.3 Å². The average molecular weight is 409 g/mol. The van der Waals surface area contributed by atoms with Gasteiger partial charge in [0.05, 0.1) is 34.0 Å². The number of carbonyl (C=O) groups is 2. The number of amides is 1. The van der Waals surface area contributed by atoms with Crippen molar-refractivity contribution in [2.45, 2.75) is 44.9 Å². The Morgan fingerprint density at radius 3 is 2.38 bits per heavy atom. The van der Waals surface area contributed by atoms with Crippen molar-refractivity contribution in [1.29, 1.82) is 0 Å².